The minimum absolute atomic E-state index is 0.0476. The van der Waals surface area contributed by atoms with Crippen LogP contribution in [-0.4, -0.2) is 15.0 Å². The van der Waals surface area contributed by atoms with Crippen molar-refractivity contribution < 1.29 is 24.1 Å². The number of nitrogens with zero attached hydrogens (tertiary/aromatic N) is 3. The van der Waals surface area contributed by atoms with E-state index >= 15 is 0 Å². The van der Waals surface area contributed by atoms with Gasteiger partial charge in [-0.15, -0.1) is 0 Å². The number of rotatable bonds is 3. The Hall–Kier alpha value is -4.40. The molecule has 0 spiro atoms. The first kappa shape index (κ1) is 18.4. The van der Waals surface area contributed by atoms with Gasteiger partial charge in [-0.2, -0.15) is 5.26 Å². The third-order valence-corrected chi connectivity index (χ3v) is 4.08. The third kappa shape index (κ3) is 2.76. The predicted molar refractivity (Wildman–Crippen MR) is 90.4 cm³/mol. The molecule has 0 unspecified atom stereocenters. The Labute approximate surface area is 155 Å². The number of phenolic OH excluding ortho intramolecular Hbond substituents is 1. The van der Waals surface area contributed by atoms with Crippen molar-refractivity contribution in [1.29, 1.82) is 5.26 Å². The lowest BCUT2D eigenvalue weighted by Crippen LogP contribution is -2.26. The molecule has 1 aliphatic heterocycles. The minimum Gasteiger partial charge on any atom is -0.497 e. The molecule has 3 rings (SSSR count). The second-order valence-corrected chi connectivity index (χ2v) is 5.77. The van der Waals surface area contributed by atoms with E-state index in [1.165, 1.54) is 13.0 Å². The fourth-order valence-electron chi connectivity index (χ4n) is 2.92. The molecule has 2 aromatic rings. The summed E-state index contributed by atoms with van der Waals surface area (Å²) in [7, 11) is 0. The SMILES string of the molecule is Cc1cc2c(c(=O)o1)[C@@H](c1cc([N+](=O)[O-])c(O)c([N+](=O)[O-])c1)C(C#N)=C(N)O2. The van der Waals surface area contributed by atoms with Crippen molar-refractivity contribution >= 4 is 11.4 Å². The van der Waals surface area contributed by atoms with Gasteiger partial charge >= 0.3 is 17.0 Å². The van der Waals surface area contributed by atoms with Gasteiger partial charge in [0.25, 0.3) is 5.75 Å². The lowest BCUT2D eigenvalue weighted by atomic mass is 9.84. The Morgan fingerprint density at radius 1 is 1.21 bits per heavy atom. The Morgan fingerprint density at radius 3 is 2.29 bits per heavy atom. The molecule has 0 saturated heterocycles. The molecule has 0 radical (unpaired) electrons. The molecule has 2 heterocycles. The summed E-state index contributed by atoms with van der Waals surface area (Å²) in [6.07, 6.45) is 0. The second kappa shape index (κ2) is 6.40. The van der Waals surface area contributed by atoms with Gasteiger partial charge < -0.3 is 20.0 Å². The highest BCUT2D eigenvalue weighted by Crippen LogP contribution is 2.45. The van der Waals surface area contributed by atoms with E-state index in [-0.39, 0.29) is 34.1 Å². The highest BCUT2D eigenvalue weighted by atomic mass is 16.6. The summed E-state index contributed by atoms with van der Waals surface area (Å²) in [5.74, 6) is -2.73. The number of hydrogen-bond acceptors (Lipinski definition) is 10. The van der Waals surface area contributed by atoms with Crippen LogP contribution < -0.4 is 16.1 Å². The Bertz CT molecular complexity index is 1140. The van der Waals surface area contributed by atoms with Crippen molar-refractivity contribution in [1.82, 2.24) is 0 Å². The molecule has 0 fully saturated rings. The maximum absolute atomic E-state index is 12.4. The summed E-state index contributed by atoms with van der Waals surface area (Å²) < 4.78 is 10.3. The number of fused-ring (bicyclic) bond motifs is 1. The number of nitrogens with two attached hydrogens (primary N) is 1. The van der Waals surface area contributed by atoms with Crippen molar-refractivity contribution in [2.45, 2.75) is 12.8 Å². The van der Waals surface area contributed by atoms with E-state index in [1.54, 1.807) is 6.07 Å². The van der Waals surface area contributed by atoms with Gasteiger partial charge in [0.05, 0.1) is 21.3 Å². The first-order chi connectivity index (χ1) is 13.1. The van der Waals surface area contributed by atoms with Crippen LogP contribution in [0.1, 0.15) is 22.8 Å². The fraction of sp³-hybridized carbons (Fsp3) is 0.125. The van der Waals surface area contributed by atoms with Crippen LogP contribution in [0, 0.1) is 38.5 Å². The molecule has 0 saturated carbocycles. The van der Waals surface area contributed by atoms with Crippen LogP contribution in [0.4, 0.5) is 11.4 Å². The van der Waals surface area contributed by atoms with Gasteiger partial charge in [-0.05, 0) is 12.5 Å². The number of aromatic hydroxyl groups is 1. The molecule has 3 N–H and O–H groups in total. The number of hydrogen-bond donors (Lipinski definition) is 2. The van der Waals surface area contributed by atoms with Crippen molar-refractivity contribution in [3.8, 4) is 17.6 Å². The summed E-state index contributed by atoms with van der Waals surface area (Å²) in [6.45, 7) is 1.47. The van der Waals surface area contributed by atoms with Crippen LogP contribution in [0.5, 0.6) is 11.5 Å². The highest BCUT2D eigenvalue weighted by Gasteiger charge is 2.37. The summed E-state index contributed by atoms with van der Waals surface area (Å²) in [5, 5.41) is 41.7. The largest absolute Gasteiger partial charge is 0.497 e. The molecule has 0 bridgehead atoms. The maximum atomic E-state index is 12.4. The number of nitro groups is 2. The zero-order chi connectivity index (χ0) is 20.7. The minimum atomic E-state index is -1.33. The second-order valence-electron chi connectivity index (χ2n) is 5.77. The smallest absolute Gasteiger partial charge is 0.343 e. The number of nitro benzene ring substituents is 2. The first-order valence-corrected chi connectivity index (χ1v) is 7.53. The molecule has 1 atom stereocenters. The Kier molecular flexibility index (Phi) is 4.20. The number of nitriles is 1. The molecule has 1 aliphatic rings. The Balaban J connectivity index is 2.40. The van der Waals surface area contributed by atoms with Gasteiger partial charge in [0.1, 0.15) is 23.2 Å². The van der Waals surface area contributed by atoms with Crippen molar-refractivity contribution in [2.24, 2.45) is 5.73 Å². The van der Waals surface area contributed by atoms with E-state index in [1.807, 2.05) is 0 Å². The zero-order valence-electron chi connectivity index (χ0n) is 14.0. The van der Waals surface area contributed by atoms with Crippen LogP contribution in [-0.2, 0) is 0 Å². The summed E-state index contributed by atoms with van der Waals surface area (Å²) in [5.41, 5.74) is 2.22. The van der Waals surface area contributed by atoms with Crippen LogP contribution in [0.2, 0.25) is 0 Å². The van der Waals surface area contributed by atoms with E-state index in [0.717, 1.165) is 12.1 Å². The van der Waals surface area contributed by atoms with Crippen molar-refractivity contribution in [3.05, 3.63) is 77.2 Å². The summed E-state index contributed by atoms with van der Waals surface area (Å²) in [6, 6.07) is 4.72. The van der Waals surface area contributed by atoms with Crippen molar-refractivity contribution in [3.63, 3.8) is 0 Å². The summed E-state index contributed by atoms with van der Waals surface area (Å²) in [4.78, 5) is 32.8. The number of benzene rings is 1. The van der Waals surface area contributed by atoms with Gasteiger partial charge in [0.2, 0.25) is 5.88 Å². The topological polar surface area (TPSA) is 196 Å². The first-order valence-electron chi connectivity index (χ1n) is 7.53. The van der Waals surface area contributed by atoms with Crippen LogP contribution in [0.25, 0.3) is 0 Å². The molecule has 142 valence electrons. The number of phenols is 1. The molecule has 28 heavy (non-hydrogen) atoms. The van der Waals surface area contributed by atoms with Gasteiger partial charge in [0, 0.05) is 18.2 Å². The molecule has 0 aliphatic carbocycles. The zero-order valence-corrected chi connectivity index (χ0v) is 14.0. The number of aryl methyl sites for hydroxylation is 1. The van der Waals surface area contributed by atoms with E-state index in [2.05, 4.69) is 0 Å². The standard InChI is InChI=1S/C16H10N4O8/c1-6-2-11-13(16(22)27-6)12(8(5-17)15(18)28-11)7-3-9(19(23)24)14(21)10(4-7)20(25)26/h2-4,12,21H,18H2,1H3/t12-/m0/s1. The number of allylic oxidation sites excluding steroid dienone is 1. The molecule has 1 aromatic carbocycles. The van der Waals surface area contributed by atoms with Crippen LogP contribution in [0.3, 0.4) is 0 Å². The lowest BCUT2D eigenvalue weighted by molar-refractivity contribution is -0.396. The predicted octanol–water partition coefficient (Wildman–Crippen LogP) is 1.69. The van der Waals surface area contributed by atoms with Gasteiger partial charge in [-0.3, -0.25) is 20.2 Å². The molecule has 0 amide bonds. The van der Waals surface area contributed by atoms with Crippen molar-refractivity contribution in [2.75, 3.05) is 0 Å². The third-order valence-electron chi connectivity index (χ3n) is 4.08. The molecule has 1 aromatic heterocycles. The maximum Gasteiger partial charge on any atom is 0.343 e. The van der Waals surface area contributed by atoms with E-state index in [0.29, 0.717) is 0 Å². The molecule has 12 nitrogen and oxygen atoms in total. The van der Waals surface area contributed by atoms with Gasteiger partial charge in [-0.25, -0.2) is 4.79 Å². The van der Waals surface area contributed by atoms with E-state index < -0.39 is 38.5 Å². The Morgan fingerprint density at radius 2 is 1.79 bits per heavy atom. The monoisotopic (exact) mass is 386 g/mol. The van der Waals surface area contributed by atoms with Gasteiger partial charge in [0.15, 0.2) is 0 Å². The quantitative estimate of drug-likeness (QED) is 0.578. The molecular formula is C16H10N4O8. The summed E-state index contributed by atoms with van der Waals surface area (Å²) >= 11 is 0. The fourth-order valence-corrected chi connectivity index (χ4v) is 2.92. The lowest BCUT2D eigenvalue weighted by Gasteiger charge is -2.25. The van der Waals surface area contributed by atoms with Crippen LogP contribution in [0.15, 0.2) is 38.9 Å². The number of ether oxygens (including phenoxy) is 1. The van der Waals surface area contributed by atoms with E-state index in [9.17, 15) is 35.4 Å². The normalized spacial score (nSPS) is 15.4. The highest BCUT2D eigenvalue weighted by molar-refractivity contribution is 5.65. The van der Waals surface area contributed by atoms with E-state index in [4.69, 9.17) is 14.9 Å². The van der Waals surface area contributed by atoms with Gasteiger partial charge in [-0.1, -0.05) is 0 Å². The van der Waals surface area contributed by atoms with Crippen LogP contribution >= 0.6 is 0 Å². The average molecular weight is 386 g/mol. The molecular weight excluding hydrogens is 376 g/mol. The average Bonchev–Trinajstić information content (AvgIpc) is 2.60. The molecule has 12 heteroatoms.